The van der Waals surface area contributed by atoms with Gasteiger partial charge in [0.1, 0.15) is 29.6 Å². The van der Waals surface area contributed by atoms with Gasteiger partial charge in [0.05, 0.1) is 0 Å². The minimum atomic E-state index is -1.24. The molecule has 6 heteroatoms. The van der Waals surface area contributed by atoms with E-state index in [0.29, 0.717) is 0 Å². The number of nitrogens with two attached hydrogens (primary N) is 1. The summed E-state index contributed by atoms with van der Waals surface area (Å²) in [5.41, 5.74) is 5.54. The maximum Gasteiger partial charge on any atom is 0.341 e. The Morgan fingerprint density at radius 1 is 1.25 bits per heavy atom. The minimum absolute atomic E-state index is 0.0289. The molecule has 0 saturated carbocycles. The van der Waals surface area contributed by atoms with Gasteiger partial charge in [-0.15, -0.1) is 0 Å². The van der Waals surface area contributed by atoms with Crippen molar-refractivity contribution >= 4 is 11.7 Å². The quantitative estimate of drug-likeness (QED) is 0.844. The molecule has 0 fully saturated rings. The second-order valence-corrected chi connectivity index (χ2v) is 4.05. The zero-order valence-electron chi connectivity index (χ0n) is 10.3. The molecule has 0 aliphatic carbocycles. The Bertz CT molecular complexity index is 659. The van der Waals surface area contributed by atoms with Crippen molar-refractivity contribution in [1.82, 2.24) is 0 Å². The molecule has 20 heavy (non-hydrogen) atoms. The van der Waals surface area contributed by atoms with Crippen molar-refractivity contribution in [1.29, 1.82) is 0 Å². The van der Waals surface area contributed by atoms with E-state index in [9.17, 15) is 13.6 Å². The summed E-state index contributed by atoms with van der Waals surface area (Å²) in [6, 6.07) is 7.43. The number of anilines is 1. The summed E-state index contributed by atoms with van der Waals surface area (Å²) >= 11 is 0. The molecule has 4 nitrogen and oxygen atoms in total. The predicted molar refractivity (Wildman–Crippen MR) is 68.5 cm³/mol. The van der Waals surface area contributed by atoms with Gasteiger partial charge in [0.2, 0.25) is 0 Å². The summed E-state index contributed by atoms with van der Waals surface area (Å²) in [7, 11) is 0. The number of benzene rings is 2. The van der Waals surface area contributed by atoms with E-state index < -0.39 is 17.6 Å². The number of nitrogen functional groups attached to an aromatic ring is 1. The smallest absolute Gasteiger partial charge is 0.341 e. The molecular formula is C14H11F2NO3. The molecule has 0 aromatic heterocycles. The molecule has 0 heterocycles. The molecule has 0 unspecified atom stereocenters. The average Bonchev–Trinajstić information content (AvgIpc) is 2.37. The minimum Gasteiger partial charge on any atom is -0.488 e. The van der Waals surface area contributed by atoms with E-state index >= 15 is 0 Å². The number of hydrogen-bond donors (Lipinski definition) is 2. The summed E-state index contributed by atoms with van der Waals surface area (Å²) in [5, 5.41) is 9.05. The lowest BCUT2D eigenvalue weighted by Gasteiger charge is -2.11. The first-order valence-corrected chi connectivity index (χ1v) is 5.67. The Labute approximate surface area is 113 Å². The van der Waals surface area contributed by atoms with Crippen molar-refractivity contribution in [3.05, 3.63) is 59.2 Å². The van der Waals surface area contributed by atoms with Crippen molar-refractivity contribution in [2.24, 2.45) is 0 Å². The van der Waals surface area contributed by atoms with Crippen LogP contribution in [0.3, 0.4) is 0 Å². The predicted octanol–water partition coefficient (Wildman–Crippen LogP) is 2.82. The summed E-state index contributed by atoms with van der Waals surface area (Å²) in [4.78, 5) is 11.1. The monoisotopic (exact) mass is 279 g/mol. The molecule has 0 radical (unpaired) electrons. The highest BCUT2D eigenvalue weighted by Crippen LogP contribution is 2.25. The molecule has 104 valence electrons. The summed E-state index contributed by atoms with van der Waals surface area (Å²) in [6.45, 7) is -0.226. The fourth-order valence-corrected chi connectivity index (χ4v) is 1.69. The third-order valence-electron chi connectivity index (χ3n) is 2.67. The van der Waals surface area contributed by atoms with Crippen LogP contribution in [0.5, 0.6) is 5.75 Å². The number of carboxylic acids is 1. The number of hydrogen-bond acceptors (Lipinski definition) is 3. The Kier molecular flexibility index (Phi) is 3.84. The van der Waals surface area contributed by atoms with Gasteiger partial charge in [-0.3, -0.25) is 0 Å². The maximum atomic E-state index is 13.4. The molecule has 2 aromatic rings. The molecule has 0 bridgehead atoms. The molecule has 0 amide bonds. The van der Waals surface area contributed by atoms with E-state index in [0.717, 1.165) is 12.1 Å². The van der Waals surface area contributed by atoms with E-state index in [1.807, 2.05) is 0 Å². The SMILES string of the molecule is Nc1cccc(OCc2ccc(F)cc2F)c1C(=O)O. The van der Waals surface area contributed by atoms with Crippen LogP contribution < -0.4 is 10.5 Å². The van der Waals surface area contributed by atoms with Gasteiger partial charge in [-0.2, -0.15) is 0 Å². The van der Waals surface area contributed by atoms with Crippen LogP contribution in [0.15, 0.2) is 36.4 Å². The number of rotatable bonds is 4. The third kappa shape index (κ3) is 2.85. The standard InChI is InChI=1S/C14H11F2NO3/c15-9-5-4-8(10(16)6-9)7-20-12-3-1-2-11(17)13(12)14(18)19/h1-6H,7,17H2,(H,18,19). The lowest BCUT2D eigenvalue weighted by Crippen LogP contribution is -2.07. The van der Waals surface area contributed by atoms with Gasteiger partial charge in [-0.25, -0.2) is 13.6 Å². The van der Waals surface area contributed by atoms with Gasteiger partial charge < -0.3 is 15.6 Å². The molecular weight excluding hydrogens is 268 g/mol. The van der Waals surface area contributed by atoms with Crippen LogP contribution in [-0.4, -0.2) is 11.1 Å². The van der Waals surface area contributed by atoms with E-state index in [1.165, 1.54) is 24.3 Å². The largest absolute Gasteiger partial charge is 0.488 e. The van der Waals surface area contributed by atoms with Crippen LogP contribution in [-0.2, 0) is 6.61 Å². The first-order chi connectivity index (χ1) is 9.49. The number of carbonyl (C=O) groups is 1. The van der Waals surface area contributed by atoms with Gasteiger partial charge in [0.15, 0.2) is 0 Å². The number of aromatic carboxylic acids is 1. The normalized spacial score (nSPS) is 10.3. The van der Waals surface area contributed by atoms with Gasteiger partial charge >= 0.3 is 5.97 Å². The molecule has 0 aliphatic heterocycles. The van der Waals surface area contributed by atoms with Crippen molar-refractivity contribution < 1.29 is 23.4 Å². The fourth-order valence-electron chi connectivity index (χ4n) is 1.69. The van der Waals surface area contributed by atoms with Crippen LogP contribution >= 0.6 is 0 Å². The molecule has 0 saturated heterocycles. The van der Waals surface area contributed by atoms with E-state index in [1.54, 1.807) is 0 Å². The zero-order chi connectivity index (χ0) is 14.7. The van der Waals surface area contributed by atoms with Crippen molar-refractivity contribution in [2.45, 2.75) is 6.61 Å². The third-order valence-corrected chi connectivity index (χ3v) is 2.67. The highest BCUT2D eigenvalue weighted by atomic mass is 19.1. The highest BCUT2D eigenvalue weighted by molar-refractivity contribution is 5.96. The average molecular weight is 279 g/mol. The van der Waals surface area contributed by atoms with Crippen LogP contribution in [0.4, 0.5) is 14.5 Å². The first kappa shape index (κ1) is 13.8. The van der Waals surface area contributed by atoms with Gasteiger partial charge in [-0.05, 0) is 24.3 Å². The molecule has 0 spiro atoms. The fraction of sp³-hybridized carbons (Fsp3) is 0.0714. The molecule has 3 N–H and O–H groups in total. The summed E-state index contributed by atoms with van der Waals surface area (Å²) in [6.07, 6.45) is 0. The first-order valence-electron chi connectivity index (χ1n) is 5.67. The Hall–Kier alpha value is -2.63. The Morgan fingerprint density at radius 2 is 2.00 bits per heavy atom. The Morgan fingerprint density at radius 3 is 2.65 bits per heavy atom. The van der Waals surface area contributed by atoms with Crippen LogP contribution in [0.1, 0.15) is 15.9 Å². The number of ether oxygens (including phenoxy) is 1. The lowest BCUT2D eigenvalue weighted by atomic mass is 10.1. The van der Waals surface area contributed by atoms with Crippen LogP contribution in [0, 0.1) is 11.6 Å². The molecule has 2 aromatic carbocycles. The van der Waals surface area contributed by atoms with Gasteiger partial charge in [-0.1, -0.05) is 6.07 Å². The van der Waals surface area contributed by atoms with Gasteiger partial charge in [0.25, 0.3) is 0 Å². The lowest BCUT2D eigenvalue weighted by molar-refractivity contribution is 0.0693. The maximum absolute atomic E-state index is 13.4. The van der Waals surface area contributed by atoms with Crippen molar-refractivity contribution in [3.63, 3.8) is 0 Å². The summed E-state index contributed by atoms with van der Waals surface area (Å²) in [5.74, 6) is -2.66. The van der Waals surface area contributed by atoms with Crippen molar-refractivity contribution in [2.75, 3.05) is 5.73 Å². The number of carboxylic acid groups (broad SMARTS) is 1. The molecule has 0 aliphatic rings. The van der Waals surface area contributed by atoms with Crippen LogP contribution in [0.25, 0.3) is 0 Å². The van der Waals surface area contributed by atoms with E-state index in [4.69, 9.17) is 15.6 Å². The molecule has 2 rings (SSSR count). The van der Waals surface area contributed by atoms with E-state index in [2.05, 4.69) is 0 Å². The van der Waals surface area contributed by atoms with Crippen molar-refractivity contribution in [3.8, 4) is 5.75 Å². The molecule has 0 atom stereocenters. The van der Waals surface area contributed by atoms with Gasteiger partial charge in [0, 0.05) is 17.3 Å². The second kappa shape index (κ2) is 5.56. The topological polar surface area (TPSA) is 72.5 Å². The second-order valence-electron chi connectivity index (χ2n) is 4.05. The zero-order valence-corrected chi connectivity index (χ0v) is 10.3. The Balaban J connectivity index is 2.23. The van der Waals surface area contributed by atoms with E-state index in [-0.39, 0.29) is 29.2 Å². The summed E-state index contributed by atoms with van der Waals surface area (Å²) < 4.78 is 31.5. The van der Waals surface area contributed by atoms with Crippen LogP contribution in [0.2, 0.25) is 0 Å². The highest BCUT2D eigenvalue weighted by Gasteiger charge is 2.15. The number of halogens is 2.